The minimum absolute atomic E-state index is 0.0496. The molecule has 7 nitrogen and oxygen atoms in total. The van der Waals surface area contributed by atoms with E-state index in [1.54, 1.807) is 30.3 Å². The van der Waals surface area contributed by atoms with Gasteiger partial charge in [0.15, 0.2) is 0 Å². The van der Waals surface area contributed by atoms with Gasteiger partial charge >= 0.3 is 0 Å². The van der Waals surface area contributed by atoms with Gasteiger partial charge in [-0.05, 0) is 72.7 Å². The van der Waals surface area contributed by atoms with Crippen molar-refractivity contribution in [2.75, 3.05) is 4.72 Å². The maximum Gasteiger partial charge on any atom is 0.280 e. The molecule has 2 aromatic carbocycles. The highest BCUT2D eigenvalue weighted by Gasteiger charge is 2.36. The van der Waals surface area contributed by atoms with Crippen LogP contribution in [0.3, 0.4) is 0 Å². The molecule has 0 radical (unpaired) electrons. The molecule has 5 rings (SSSR count). The summed E-state index contributed by atoms with van der Waals surface area (Å²) in [6, 6.07) is 15.1. The van der Waals surface area contributed by atoms with Gasteiger partial charge in [-0.3, -0.25) is 24.2 Å². The first-order chi connectivity index (χ1) is 15.4. The Morgan fingerprint density at radius 1 is 0.906 bits per heavy atom. The zero-order valence-electron chi connectivity index (χ0n) is 17.2. The maximum absolute atomic E-state index is 13.0. The third-order valence-corrected chi connectivity index (χ3v) is 7.33. The molecular formula is C24H21N3O4S. The van der Waals surface area contributed by atoms with E-state index in [-0.39, 0.29) is 22.7 Å². The number of pyridine rings is 1. The highest BCUT2D eigenvalue weighted by molar-refractivity contribution is 7.92. The summed E-state index contributed by atoms with van der Waals surface area (Å²) in [5, 5.41) is 0. The van der Waals surface area contributed by atoms with E-state index in [0.717, 1.165) is 36.1 Å². The van der Waals surface area contributed by atoms with E-state index in [9.17, 15) is 18.0 Å². The summed E-state index contributed by atoms with van der Waals surface area (Å²) in [6.45, 7) is 0.0496. The summed E-state index contributed by atoms with van der Waals surface area (Å²) in [6.07, 6.45) is 5.47. The predicted molar refractivity (Wildman–Crippen MR) is 119 cm³/mol. The van der Waals surface area contributed by atoms with Crippen LogP contribution < -0.4 is 4.72 Å². The molecule has 0 spiro atoms. The average Bonchev–Trinajstić information content (AvgIpc) is 3.05. The van der Waals surface area contributed by atoms with Gasteiger partial charge in [0.25, 0.3) is 21.8 Å². The molecular weight excluding hydrogens is 426 g/mol. The number of carbonyl (C=O) groups is 2. The van der Waals surface area contributed by atoms with Crippen LogP contribution in [-0.2, 0) is 29.4 Å². The lowest BCUT2D eigenvalue weighted by molar-refractivity contribution is 0.0640. The van der Waals surface area contributed by atoms with E-state index >= 15 is 0 Å². The summed E-state index contributed by atoms with van der Waals surface area (Å²) in [5.74, 6) is -0.844. The van der Waals surface area contributed by atoms with E-state index in [2.05, 4.69) is 15.8 Å². The van der Waals surface area contributed by atoms with Crippen molar-refractivity contribution >= 4 is 27.5 Å². The number of nitrogens with one attached hydrogen (secondary N) is 1. The molecule has 2 heterocycles. The fourth-order valence-electron chi connectivity index (χ4n) is 4.29. The number of fused-ring (bicyclic) bond motifs is 2. The lowest BCUT2D eigenvalue weighted by atomic mass is 9.91. The molecule has 2 amide bonds. The van der Waals surface area contributed by atoms with Gasteiger partial charge in [-0.1, -0.05) is 24.3 Å². The number of carbonyl (C=O) groups excluding carboxylic acids is 2. The van der Waals surface area contributed by atoms with Crippen molar-refractivity contribution in [3.63, 3.8) is 0 Å². The van der Waals surface area contributed by atoms with Crippen molar-refractivity contribution < 1.29 is 18.0 Å². The van der Waals surface area contributed by atoms with Crippen LogP contribution in [0.15, 0.2) is 65.7 Å². The third kappa shape index (κ3) is 3.56. The number of sulfonamides is 1. The number of imide groups is 1. The minimum atomic E-state index is -3.76. The SMILES string of the molecule is O=C1c2cccnc2C(=O)N1Cc1ccc(S(=O)(=O)Nc2cccc3c2CCCC3)cc1. The number of aryl methyl sites for hydroxylation is 1. The molecule has 0 fully saturated rings. The topological polar surface area (TPSA) is 96.4 Å². The van der Waals surface area contributed by atoms with Crippen LogP contribution in [0.1, 0.15) is 50.4 Å². The lowest BCUT2D eigenvalue weighted by Crippen LogP contribution is -2.29. The van der Waals surface area contributed by atoms with Gasteiger partial charge in [-0.25, -0.2) is 8.42 Å². The summed E-state index contributed by atoms with van der Waals surface area (Å²) < 4.78 is 28.6. The average molecular weight is 448 g/mol. The van der Waals surface area contributed by atoms with Gasteiger partial charge in [-0.15, -0.1) is 0 Å². The smallest absolute Gasteiger partial charge is 0.279 e. The van der Waals surface area contributed by atoms with Crippen molar-refractivity contribution in [2.45, 2.75) is 37.1 Å². The van der Waals surface area contributed by atoms with E-state index in [0.29, 0.717) is 11.3 Å². The van der Waals surface area contributed by atoms with Crippen LogP contribution in [0.2, 0.25) is 0 Å². The molecule has 1 N–H and O–H groups in total. The molecule has 1 aromatic heterocycles. The van der Waals surface area contributed by atoms with Gasteiger partial charge in [0, 0.05) is 6.20 Å². The molecule has 32 heavy (non-hydrogen) atoms. The highest BCUT2D eigenvalue weighted by Crippen LogP contribution is 2.30. The second-order valence-electron chi connectivity index (χ2n) is 8.00. The van der Waals surface area contributed by atoms with Gasteiger partial charge < -0.3 is 0 Å². The largest absolute Gasteiger partial charge is 0.280 e. The lowest BCUT2D eigenvalue weighted by Gasteiger charge is -2.20. The molecule has 8 heteroatoms. The van der Waals surface area contributed by atoms with Crippen molar-refractivity contribution in [1.29, 1.82) is 0 Å². The van der Waals surface area contributed by atoms with Crippen LogP contribution in [0.25, 0.3) is 0 Å². The Bertz CT molecular complexity index is 1300. The number of amides is 2. The molecule has 0 saturated carbocycles. The van der Waals surface area contributed by atoms with Crippen molar-refractivity contribution in [3.8, 4) is 0 Å². The fraction of sp³-hybridized carbons (Fsp3) is 0.208. The predicted octanol–water partition coefficient (Wildman–Crippen LogP) is 3.56. The van der Waals surface area contributed by atoms with E-state index in [1.165, 1.54) is 23.9 Å². The minimum Gasteiger partial charge on any atom is -0.279 e. The molecule has 0 bridgehead atoms. The van der Waals surface area contributed by atoms with Crippen LogP contribution in [0.4, 0.5) is 5.69 Å². The zero-order valence-corrected chi connectivity index (χ0v) is 18.1. The maximum atomic E-state index is 13.0. The van der Waals surface area contributed by atoms with E-state index < -0.39 is 21.8 Å². The van der Waals surface area contributed by atoms with Crippen LogP contribution in [0, 0.1) is 0 Å². The second-order valence-corrected chi connectivity index (χ2v) is 9.68. The summed E-state index contributed by atoms with van der Waals surface area (Å²) >= 11 is 0. The Kier molecular flexibility index (Phi) is 5.01. The number of hydrogen-bond donors (Lipinski definition) is 1. The Labute approximate surface area is 186 Å². The molecule has 1 aliphatic carbocycles. The van der Waals surface area contributed by atoms with Crippen molar-refractivity contribution in [2.24, 2.45) is 0 Å². The molecule has 0 unspecified atom stereocenters. The molecule has 0 atom stereocenters. The molecule has 1 aliphatic heterocycles. The third-order valence-electron chi connectivity index (χ3n) is 5.95. The number of benzene rings is 2. The number of nitrogens with zero attached hydrogens (tertiary/aromatic N) is 2. The summed E-state index contributed by atoms with van der Waals surface area (Å²) in [5.41, 5.74) is 3.97. The fourth-order valence-corrected chi connectivity index (χ4v) is 5.39. The van der Waals surface area contributed by atoms with Gasteiger partial charge in [0.2, 0.25) is 0 Å². The first kappa shape index (κ1) is 20.4. The van der Waals surface area contributed by atoms with Crippen LogP contribution in [0.5, 0.6) is 0 Å². The van der Waals surface area contributed by atoms with Gasteiger partial charge in [-0.2, -0.15) is 0 Å². The molecule has 3 aromatic rings. The Morgan fingerprint density at radius 2 is 1.69 bits per heavy atom. The monoisotopic (exact) mass is 447 g/mol. The molecule has 162 valence electrons. The van der Waals surface area contributed by atoms with Crippen LogP contribution in [-0.4, -0.2) is 30.1 Å². The van der Waals surface area contributed by atoms with Crippen LogP contribution >= 0.6 is 0 Å². The standard InChI is InChI=1S/C24H21N3O4S/c28-23-20-8-4-14-25-22(20)24(29)27(23)15-16-10-12-18(13-11-16)32(30,31)26-21-9-3-6-17-5-1-2-7-19(17)21/h3-4,6,8-14,26H,1-2,5,7,15H2. The number of aromatic nitrogens is 1. The number of rotatable bonds is 5. The molecule has 0 saturated heterocycles. The van der Waals surface area contributed by atoms with Gasteiger partial charge in [0.1, 0.15) is 5.69 Å². The molecule has 2 aliphatic rings. The summed E-state index contributed by atoms with van der Waals surface area (Å²) in [4.78, 5) is 30.3. The highest BCUT2D eigenvalue weighted by atomic mass is 32.2. The van der Waals surface area contributed by atoms with E-state index in [4.69, 9.17) is 0 Å². The first-order valence-corrected chi connectivity index (χ1v) is 12.0. The van der Waals surface area contributed by atoms with Gasteiger partial charge in [0.05, 0.1) is 22.7 Å². The number of hydrogen-bond acceptors (Lipinski definition) is 5. The Morgan fingerprint density at radius 3 is 2.47 bits per heavy atom. The number of anilines is 1. The zero-order chi connectivity index (χ0) is 22.3. The van der Waals surface area contributed by atoms with Crippen molar-refractivity contribution in [3.05, 3.63) is 88.7 Å². The van der Waals surface area contributed by atoms with E-state index in [1.807, 2.05) is 6.07 Å². The quantitative estimate of drug-likeness (QED) is 0.604. The first-order valence-electron chi connectivity index (χ1n) is 10.5. The Balaban J connectivity index is 1.34. The summed E-state index contributed by atoms with van der Waals surface area (Å²) in [7, 11) is -3.76. The second kappa shape index (κ2) is 7.87. The Hall–Kier alpha value is -3.52. The normalized spacial score (nSPS) is 15.4. The van der Waals surface area contributed by atoms with Crippen molar-refractivity contribution in [1.82, 2.24) is 9.88 Å².